The molecule has 1 saturated carbocycles. The first-order valence-corrected chi connectivity index (χ1v) is 6.27. The summed E-state index contributed by atoms with van der Waals surface area (Å²) in [5.74, 6) is 0.831. The van der Waals surface area contributed by atoms with Crippen molar-refractivity contribution in [3.8, 4) is 5.75 Å². The number of benzene rings is 1. The van der Waals surface area contributed by atoms with E-state index >= 15 is 0 Å². The van der Waals surface area contributed by atoms with E-state index in [-0.39, 0.29) is 12.1 Å². The van der Waals surface area contributed by atoms with Crippen molar-refractivity contribution in [3.05, 3.63) is 29.3 Å². The van der Waals surface area contributed by atoms with E-state index in [4.69, 9.17) is 4.74 Å². The second-order valence-corrected chi connectivity index (χ2v) is 5.18. The highest BCUT2D eigenvalue weighted by atomic mass is 16.5. The molecule has 0 saturated heterocycles. The highest BCUT2D eigenvalue weighted by molar-refractivity contribution is 5.41. The number of fused-ring (bicyclic) bond motifs is 1. The SMILES string of the molecule is COc1ccc2c(c1)C(O)C(N(C)C1CC1)C2. The van der Waals surface area contributed by atoms with Gasteiger partial charge in [-0.15, -0.1) is 0 Å². The molecule has 3 rings (SSSR count). The van der Waals surface area contributed by atoms with Gasteiger partial charge in [-0.1, -0.05) is 6.07 Å². The lowest BCUT2D eigenvalue weighted by molar-refractivity contribution is 0.0717. The summed E-state index contributed by atoms with van der Waals surface area (Å²) in [7, 11) is 3.80. The average molecular weight is 233 g/mol. The number of methoxy groups -OCH3 is 1. The summed E-state index contributed by atoms with van der Waals surface area (Å²) in [5, 5.41) is 10.4. The fraction of sp³-hybridized carbons (Fsp3) is 0.571. The van der Waals surface area contributed by atoms with Crippen molar-refractivity contribution in [2.75, 3.05) is 14.2 Å². The van der Waals surface area contributed by atoms with Gasteiger partial charge in [-0.3, -0.25) is 4.90 Å². The zero-order valence-corrected chi connectivity index (χ0v) is 10.4. The van der Waals surface area contributed by atoms with Gasteiger partial charge in [0.15, 0.2) is 0 Å². The van der Waals surface area contributed by atoms with Gasteiger partial charge in [0, 0.05) is 12.1 Å². The van der Waals surface area contributed by atoms with Crippen LogP contribution in [0.2, 0.25) is 0 Å². The van der Waals surface area contributed by atoms with Crippen LogP contribution in [0.5, 0.6) is 5.75 Å². The largest absolute Gasteiger partial charge is 0.497 e. The van der Waals surface area contributed by atoms with E-state index in [0.29, 0.717) is 6.04 Å². The fourth-order valence-corrected chi connectivity index (χ4v) is 2.82. The van der Waals surface area contributed by atoms with Crippen LogP contribution in [0.15, 0.2) is 18.2 Å². The minimum Gasteiger partial charge on any atom is -0.497 e. The van der Waals surface area contributed by atoms with Crippen LogP contribution in [0.1, 0.15) is 30.1 Å². The Bertz CT molecular complexity index is 428. The van der Waals surface area contributed by atoms with E-state index in [2.05, 4.69) is 18.0 Å². The molecule has 0 amide bonds. The zero-order chi connectivity index (χ0) is 12.0. The molecule has 17 heavy (non-hydrogen) atoms. The van der Waals surface area contributed by atoms with E-state index in [0.717, 1.165) is 17.7 Å². The molecule has 1 aromatic rings. The van der Waals surface area contributed by atoms with E-state index in [1.807, 2.05) is 12.1 Å². The molecule has 0 radical (unpaired) electrons. The molecular formula is C14H19NO2. The summed E-state index contributed by atoms with van der Waals surface area (Å²) in [5.41, 5.74) is 2.30. The van der Waals surface area contributed by atoms with Gasteiger partial charge in [0.2, 0.25) is 0 Å². The quantitative estimate of drug-likeness (QED) is 0.863. The van der Waals surface area contributed by atoms with Crippen LogP contribution >= 0.6 is 0 Å². The Morgan fingerprint density at radius 3 is 2.76 bits per heavy atom. The third-order valence-electron chi connectivity index (χ3n) is 4.11. The standard InChI is InChI=1S/C14H19NO2/c1-15(10-4-5-10)13-7-9-3-6-11(17-2)8-12(9)14(13)16/h3,6,8,10,13-14,16H,4-5,7H2,1-2H3. The minimum atomic E-state index is -0.370. The molecule has 2 atom stereocenters. The highest BCUT2D eigenvalue weighted by Crippen LogP contribution is 2.39. The summed E-state index contributed by atoms with van der Waals surface area (Å²) in [6.45, 7) is 0. The first-order valence-electron chi connectivity index (χ1n) is 6.27. The third-order valence-corrected chi connectivity index (χ3v) is 4.11. The maximum atomic E-state index is 10.4. The van der Waals surface area contributed by atoms with Crippen molar-refractivity contribution in [3.63, 3.8) is 0 Å². The molecule has 2 aliphatic rings. The predicted molar refractivity (Wildman–Crippen MR) is 66.2 cm³/mol. The van der Waals surface area contributed by atoms with Crippen molar-refractivity contribution >= 4 is 0 Å². The van der Waals surface area contributed by atoms with Crippen LogP contribution < -0.4 is 4.74 Å². The Morgan fingerprint density at radius 2 is 2.12 bits per heavy atom. The number of rotatable bonds is 3. The Hall–Kier alpha value is -1.06. The van der Waals surface area contributed by atoms with Crippen molar-refractivity contribution in [2.45, 2.75) is 37.5 Å². The van der Waals surface area contributed by atoms with Crippen molar-refractivity contribution in [1.82, 2.24) is 4.90 Å². The summed E-state index contributed by atoms with van der Waals surface area (Å²) in [6, 6.07) is 6.96. The van der Waals surface area contributed by atoms with E-state index < -0.39 is 0 Å². The topological polar surface area (TPSA) is 32.7 Å². The summed E-state index contributed by atoms with van der Waals surface area (Å²) < 4.78 is 5.22. The normalized spacial score (nSPS) is 27.3. The van der Waals surface area contributed by atoms with Gasteiger partial charge in [0.1, 0.15) is 5.75 Å². The average Bonchev–Trinajstić information content (AvgIpc) is 3.14. The maximum Gasteiger partial charge on any atom is 0.119 e. The lowest BCUT2D eigenvalue weighted by Gasteiger charge is -2.26. The van der Waals surface area contributed by atoms with Gasteiger partial charge in [-0.25, -0.2) is 0 Å². The molecule has 3 nitrogen and oxygen atoms in total. The first kappa shape index (κ1) is 11.1. The van der Waals surface area contributed by atoms with Crippen LogP contribution in [-0.4, -0.2) is 36.2 Å². The lowest BCUT2D eigenvalue weighted by atomic mass is 10.1. The number of nitrogens with zero attached hydrogens (tertiary/aromatic N) is 1. The number of aliphatic hydroxyl groups is 1. The van der Waals surface area contributed by atoms with Crippen molar-refractivity contribution in [1.29, 1.82) is 0 Å². The Labute approximate surface area is 102 Å². The molecule has 1 N–H and O–H groups in total. The highest BCUT2D eigenvalue weighted by Gasteiger charge is 2.39. The zero-order valence-electron chi connectivity index (χ0n) is 10.4. The van der Waals surface area contributed by atoms with Crippen LogP contribution in [0.4, 0.5) is 0 Å². The second kappa shape index (κ2) is 4.00. The van der Waals surface area contributed by atoms with Gasteiger partial charge >= 0.3 is 0 Å². The maximum absolute atomic E-state index is 10.4. The summed E-state index contributed by atoms with van der Waals surface area (Å²) in [4.78, 5) is 2.34. The van der Waals surface area contributed by atoms with Crippen LogP contribution in [0.3, 0.4) is 0 Å². The predicted octanol–water partition coefficient (Wildman–Crippen LogP) is 1.75. The summed E-state index contributed by atoms with van der Waals surface area (Å²) >= 11 is 0. The lowest BCUT2D eigenvalue weighted by Crippen LogP contribution is -2.36. The number of likely N-dealkylation sites (N-methyl/N-ethyl adjacent to an activating group) is 1. The van der Waals surface area contributed by atoms with Gasteiger partial charge in [0.25, 0.3) is 0 Å². The van der Waals surface area contributed by atoms with Crippen LogP contribution in [-0.2, 0) is 6.42 Å². The molecule has 0 bridgehead atoms. The molecule has 2 unspecified atom stereocenters. The van der Waals surface area contributed by atoms with Crippen molar-refractivity contribution < 1.29 is 9.84 Å². The minimum absolute atomic E-state index is 0.240. The molecule has 1 aromatic carbocycles. The number of aliphatic hydroxyl groups excluding tert-OH is 1. The van der Waals surface area contributed by atoms with E-state index in [1.54, 1.807) is 7.11 Å². The Balaban J connectivity index is 1.86. The van der Waals surface area contributed by atoms with Crippen LogP contribution in [0, 0.1) is 0 Å². The molecule has 0 aliphatic heterocycles. The smallest absolute Gasteiger partial charge is 0.119 e. The number of hydrogen-bond donors (Lipinski definition) is 1. The van der Waals surface area contributed by atoms with Crippen molar-refractivity contribution in [2.24, 2.45) is 0 Å². The monoisotopic (exact) mass is 233 g/mol. The third kappa shape index (κ3) is 1.83. The fourth-order valence-electron chi connectivity index (χ4n) is 2.82. The van der Waals surface area contributed by atoms with Gasteiger partial charge in [-0.2, -0.15) is 0 Å². The summed E-state index contributed by atoms with van der Waals surface area (Å²) in [6.07, 6.45) is 3.14. The molecule has 1 fully saturated rings. The Morgan fingerprint density at radius 1 is 1.35 bits per heavy atom. The van der Waals surface area contributed by atoms with E-state index in [1.165, 1.54) is 18.4 Å². The van der Waals surface area contributed by atoms with Crippen LogP contribution in [0.25, 0.3) is 0 Å². The Kier molecular flexibility index (Phi) is 2.60. The van der Waals surface area contributed by atoms with Gasteiger partial charge < -0.3 is 9.84 Å². The number of ether oxygens (including phenoxy) is 1. The first-order chi connectivity index (χ1) is 8.20. The second-order valence-electron chi connectivity index (χ2n) is 5.18. The van der Waals surface area contributed by atoms with E-state index in [9.17, 15) is 5.11 Å². The van der Waals surface area contributed by atoms with Gasteiger partial charge in [0.05, 0.1) is 13.2 Å². The molecule has 92 valence electrons. The molecule has 0 aromatic heterocycles. The molecule has 2 aliphatic carbocycles. The molecular weight excluding hydrogens is 214 g/mol. The number of hydrogen-bond acceptors (Lipinski definition) is 3. The molecule has 3 heteroatoms. The molecule has 0 heterocycles. The van der Waals surface area contributed by atoms with Gasteiger partial charge in [-0.05, 0) is 49.6 Å². The molecule has 0 spiro atoms.